The van der Waals surface area contributed by atoms with Crippen molar-refractivity contribution in [3.8, 4) is 5.75 Å². The van der Waals surface area contributed by atoms with E-state index in [4.69, 9.17) is 9.15 Å². The van der Waals surface area contributed by atoms with Gasteiger partial charge in [0.25, 0.3) is 0 Å². The number of aromatic nitrogens is 2. The van der Waals surface area contributed by atoms with Gasteiger partial charge in [0.05, 0.1) is 13.1 Å². The van der Waals surface area contributed by atoms with Crippen molar-refractivity contribution in [1.29, 1.82) is 0 Å². The molecule has 0 unspecified atom stereocenters. The number of ether oxygens (including phenoxy) is 1. The number of anilines is 1. The molecule has 1 aromatic heterocycles. The summed E-state index contributed by atoms with van der Waals surface area (Å²) >= 11 is 0. The SMILES string of the molecule is CCNCc1nnc(NCCOc2cccc(C)c2)o1. The molecule has 2 N–H and O–H groups in total. The molecule has 0 saturated heterocycles. The average molecular weight is 276 g/mol. The van der Waals surface area contributed by atoms with Gasteiger partial charge in [0, 0.05) is 0 Å². The molecule has 0 radical (unpaired) electrons. The van der Waals surface area contributed by atoms with Gasteiger partial charge in [0.2, 0.25) is 5.89 Å². The van der Waals surface area contributed by atoms with Gasteiger partial charge < -0.3 is 19.8 Å². The Hall–Kier alpha value is -2.08. The van der Waals surface area contributed by atoms with Crippen molar-refractivity contribution in [3.05, 3.63) is 35.7 Å². The van der Waals surface area contributed by atoms with Gasteiger partial charge in [0.15, 0.2) is 0 Å². The molecule has 20 heavy (non-hydrogen) atoms. The van der Waals surface area contributed by atoms with E-state index in [0.29, 0.717) is 31.6 Å². The van der Waals surface area contributed by atoms with Crippen LogP contribution in [0.2, 0.25) is 0 Å². The first-order valence-electron chi connectivity index (χ1n) is 6.74. The third-order valence-electron chi connectivity index (χ3n) is 2.63. The van der Waals surface area contributed by atoms with Crippen molar-refractivity contribution >= 4 is 6.01 Å². The van der Waals surface area contributed by atoms with E-state index in [-0.39, 0.29) is 0 Å². The molecule has 0 bridgehead atoms. The highest BCUT2D eigenvalue weighted by Crippen LogP contribution is 2.12. The molecule has 0 aliphatic rings. The van der Waals surface area contributed by atoms with E-state index in [9.17, 15) is 0 Å². The Morgan fingerprint density at radius 2 is 2.20 bits per heavy atom. The van der Waals surface area contributed by atoms with Gasteiger partial charge >= 0.3 is 6.01 Å². The minimum Gasteiger partial charge on any atom is -0.492 e. The summed E-state index contributed by atoms with van der Waals surface area (Å²) < 4.78 is 11.0. The van der Waals surface area contributed by atoms with Crippen LogP contribution in [0.4, 0.5) is 6.01 Å². The van der Waals surface area contributed by atoms with E-state index in [2.05, 4.69) is 20.8 Å². The molecule has 6 heteroatoms. The number of nitrogens with one attached hydrogen (secondary N) is 2. The van der Waals surface area contributed by atoms with Gasteiger partial charge in [-0.3, -0.25) is 0 Å². The van der Waals surface area contributed by atoms with Gasteiger partial charge in [-0.1, -0.05) is 24.2 Å². The first kappa shape index (κ1) is 14.3. The van der Waals surface area contributed by atoms with Crippen molar-refractivity contribution in [1.82, 2.24) is 15.5 Å². The van der Waals surface area contributed by atoms with E-state index in [1.165, 1.54) is 5.56 Å². The maximum atomic E-state index is 5.62. The van der Waals surface area contributed by atoms with Crippen LogP contribution in [0.1, 0.15) is 18.4 Å². The zero-order valence-electron chi connectivity index (χ0n) is 11.8. The van der Waals surface area contributed by atoms with Gasteiger partial charge in [-0.2, -0.15) is 0 Å². The van der Waals surface area contributed by atoms with Crippen LogP contribution in [0.15, 0.2) is 28.7 Å². The molecular weight excluding hydrogens is 256 g/mol. The fraction of sp³-hybridized carbons (Fsp3) is 0.429. The molecule has 1 heterocycles. The van der Waals surface area contributed by atoms with Crippen molar-refractivity contribution in [2.24, 2.45) is 0 Å². The van der Waals surface area contributed by atoms with E-state index < -0.39 is 0 Å². The van der Waals surface area contributed by atoms with Crippen molar-refractivity contribution in [2.45, 2.75) is 20.4 Å². The average Bonchev–Trinajstić information content (AvgIpc) is 2.89. The first-order chi connectivity index (χ1) is 9.78. The predicted molar refractivity (Wildman–Crippen MR) is 76.8 cm³/mol. The molecule has 0 aliphatic heterocycles. The summed E-state index contributed by atoms with van der Waals surface area (Å²) in [5, 5.41) is 14.0. The van der Waals surface area contributed by atoms with Crippen LogP contribution in [0.3, 0.4) is 0 Å². The maximum Gasteiger partial charge on any atom is 0.315 e. The standard InChI is InChI=1S/C14H20N4O2/c1-3-15-10-13-17-18-14(20-13)16-7-8-19-12-6-4-5-11(2)9-12/h4-6,9,15H,3,7-8,10H2,1-2H3,(H,16,18). The van der Waals surface area contributed by atoms with Crippen LogP contribution in [0.25, 0.3) is 0 Å². The van der Waals surface area contributed by atoms with E-state index in [1.807, 2.05) is 38.1 Å². The fourth-order valence-electron chi connectivity index (χ4n) is 1.66. The molecule has 0 saturated carbocycles. The molecule has 6 nitrogen and oxygen atoms in total. The summed E-state index contributed by atoms with van der Waals surface area (Å²) in [6, 6.07) is 8.37. The highest BCUT2D eigenvalue weighted by molar-refractivity contribution is 5.27. The second kappa shape index (κ2) is 7.49. The van der Waals surface area contributed by atoms with Crippen LogP contribution in [0, 0.1) is 6.92 Å². The highest BCUT2D eigenvalue weighted by Gasteiger charge is 2.04. The summed E-state index contributed by atoms with van der Waals surface area (Å²) in [5.41, 5.74) is 1.18. The Bertz CT molecular complexity index is 527. The van der Waals surface area contributed by atoms with Crippen molar-refractivity contribution < 1.29 is 9.15 Å². The lowest BCUT2D eigenvalue weighted by atomic mass is 10.2. The predicted octanol–water partition coefficient (Wildman–Crippen LogP) is 1.98. The monoisotopic (exact) mass is 276 g/mol. The summed E-state index contributed by atoms with van der Waals surface area (Å²) in [5.74, 6) is 1.44. The minimum absolute atomic E-state index is 0.422. The summed E-state index contributed by atoms with van der Waals surface area (Å²) in [6.07, 6.45) is 0. The smallest absolute Gasteiger partial charge is 0.315 e. The minimum atomic E-state index is 0.422. The van der Waals surface area contributed by atoms with Crippen LogP contribution in [-0.2, 0) is 6.54 Å². The number of rotatable bonds is 8. The molecule has 0 atom stereocenters. The lowest BCUT2D eigenvalue weighted by Gasteiger charge is -2.06. The summed E-state index contributed by atoms with van der Waals surface area (Å²) in [4.78, 5) is 0. The lowest BCUT2D eigenvalue weighted by Crippen LogP contribution is -2.12. The molecule has 0 aliphatic carbocycles. The quantitative estimate of drug-likeness (QED) is 0.718. The Kier molecular flexibility index (Phi) is 5.37. The Morgan fingerprint density at radius 3 is 3.00 bits per heavy atom. The second-order valence-corrected chi connectivity index (χ2v) is 4.37. The Balaban J connectivity index is 1.69. The van der Waals surface area contributed by atoms with Crippen molar-refractivity contribution in [3.63, 3.8) is 0 Å². The molecule has 0 amide bonds. The zero-order chi connectivity index (χ0) is 14.2. The molecule has 108 valence electrons. The van der Waals surface area contributed by atoms with E-state index >= 15 is 0 Å². The van der Waals surface area contributed by atoms with Gasteiger partial charge in [-0.15, -0.1) is 5.10 Å². The van der Waals surface area contributed by atoms with Gasteiger partial charge in [-0.05, 0) is 31.2 Å². The fourth-order valence-corrected chi connectivity index (χ4v) is 1.66. The molecule has 0 fully saturated rings. The van der Waals surface area contributed by atoms with E-state index in [1.54, 1.807) is 0 Å². The summed E-state index contributed by atoms with van der Waals surface area (Å²) in [7, 11) is 0. The van der Waals surface area contributed by atoms with Gasteiger partial charge in [0.1, 0.15) is 12.4 Å². The molecule has 0 spiro atoms. The maximum absolute atomic E-state index is 5.62. The highest BCUT2D eigenvalue weighted by atomic mass is 16.5. The van der Waals surface area contributed by atoms with Crippen LogP contribution < -0.4 is 15.4 Å². The lowest BCUT2D eigenvalue weighted by molar-refractivity contribution is 0.331. The van der Waals surface area contributed by atoms with E-state index in [0.717, 1.165) is 12.3 Å². The first-order valence-corrected chi connectivity index (χ1v) is 6.74. The molecule has 1 aromatic carbocycles. The molecule has 2 rings (SSSR count). The molecule has 2 aromatic rings. The topological polar surface area (TPSA) is 72.2 Å². The normalized spacial score (nSPS) is 10.5. The Labute approximate surface area is 118 Å². The molecular formula is C14H20N4O2. The Morgan fingerprint density at radius 1 is 1.30 bits per heavy atom. The number of hydrogen-bond donors (Lipinski definition) is 2. The third-order valence-corrected chi connectivity index (χ3v) is 2.63. The number of hydrogen-bond acceptors (Lipinski definition) is 6. The largest absolute Gasteiger partial charge is 0.492 e. The van der Waals surface area contributed by atoms with Crippen LogP contribution >= 0.6 is 0 Å². The number of nitrogens with zero attached hydrogens (tertiary/aromatic N) is 2. The third kappa shape index (κ3) is 4.55. The summed E-state index contributed by atoms with van der Waals surface area (Å²) in [6.45, 7) is 6.67. The number of benzene rings is 1. The number of aryl methyl sites for hydroxylation is 1. The van der Waals surface area contributed by atoms with Crippen molar-refractivity contribution in [2.75, 3.05) is 25.0 Å². The van der Waals surface area contributed by atoms with Crippen LogP contribution in [-0.4, -0.2) is 29.9 Å². The zero-order valence-corrected chi connectivity index (χ0v) is 11.8. The van der Waals surface area contributed by atoms with Gasteiger partial charge in [-0.25, -0.2) is 0 Å². The second-order valence-electron chi connectivity index (χ2n) is 4.37. The van der Waals surface area contributed by atoms with Crippen LogP contribution in [0.5, 0.6) is 5.75 Å².